The summed E-state index contributed by atoms with van der Waals surface area (Å²) in [7, 11) is 0. The van der Waals surface area contributed by atoms with Crippen molar-refractivity contribution in [3.8, 4) is 0 Å². The van der Waals surface area contributed by atoms with Crippen LogP contribution in [-0.2, 0) is 0 Å². The predicted molar refractivity (Wildman–Crippen MR) is 91.8 cm³/mol. The third kappa shape index (κ3) is 4.57. The fraction of sp³-hybridized carbons (Fsp3) is 0.167. The second-order valence-corrected chi connectivity index (χ2v) is 6.04. The molecule has 0 spiro atoms. The Morgan fingerprint density at radius 3 is 2.52 bits per heavy atom. The first-order valence-corrected chi connectivity index (χ1v) is 7.68. The van der Waals surface area contributed by atoms with Crippen LogP contribution in [0, 0.1) is 0 Å². The lowest BCUT2D eigenvalue weighted by atomic mass is 10.0. The highest BCUT2D eigenvalue weighted by atomic mass is 79.9. The minimum atomic E-state index is -0.0185. The summed E-state index contributed by atoms with van der Waals surface area (Å²) in [6.07, 6.45) is 3.23. The molecule has 0 heterocycles. The van der Waals surface area contributed by atoms with Gasteiger partial charge in [0.2, 0.25) is 0 Å². The quantitative estimate of drug-likeness (QED) is 0.583. The Morgan fingerprint density at radius 2 is 1.86 bits per heavy atom. The number of halogens is 1. The van der Waals surface area contributed by atoms with Gasteiger partial charge in [0, 0.05) is 28.0 Å². The van der Waals surface area contributed by atoms with E-state index in [-0.39, 0.29) is 5.78 Å². The summed E-state index contributed by atoms with van der Waals surface area (Å²) in [5.41, 5.74) is 2.93. The molecule has 0 fully saturated rings. The lowest BCUT2D eigenvalue weighted by Crippen LogP contribution is -1.96. The predicted octanol–water partition coefficient (Wildman–Crippen LogP) is 5.38. The van der Waals surface area contributed by atoms with Crippen LogP contribution in [0.2, 0.25) is 0 Å². The highest BCUT2D eigenvalue weighted by Gasteiger charge is 2.01. The van der Waals surface area contributed by atoms with Gasteiger partial charge in [-0.1, -0.05) is 41.9 Å². The van der Waals surface area contributed by atoms with E-state index in [4.69, 9.17) is 0 Å². The molecule has 2 nitrogen and oxygen atoms in total. The van der Waals surface area contributed by atoms with Crippen molar-refractivity contribution in [2.75, 3.05) is 5.32 Å². The van der Waals surface area contributed by atoms with Crippen LogP contribution in [0.1, 0.15) is 35.7 Å². The molecule has 0 aliphatic heterocycles. The van der Waals surface area contributed by atoms with E-state index >= 15 is 0 Å². The smallest absolute Gasteiger partial charge is 0.187 e. The average molecular weight is 344 g/mol. The fourth-order valence-electron chi connectivity index (χ4n) is 1.91. The van der Waals surface area contributed by atoms with E-state index in [0.717, 1.165) is 10.2 Å². The highest BCUT2D eigenvalue weighted by Crippen LogP contribution is 2.18. The van der Waals surface area contributed by atoms with Gasteiger partial charge in [-0.05, 0) is 47.9 Å². The zero-order chi connectivity index (χ0) is 15.2. The maximum absolute atomic E-state index is 12.0. The summed E-state index contributed by atoms with van der Waals surface area (Å²) in [5, 5.41) is 3.14. The number of carbonyl (C=O) groups is 1. The first kappa shape index (κ1) is 15.5. The van der Waals surface area contributed by atoms with Gasteiger partial charge < -0.3 is 5.32 Å². The summed E-state index contributed by atoms with van der Waals surface area (Å²) < 4.78 is 0.964. The number of nitrogens with one attached hydrogen (secondary N) is 1. The van der Waals surface area contributed by atoms with Crippen molar-refractivity contribution in [2.45, 2.75) is 19.8 Å². The first-order valence-electron chi connectivity index (χ1n) is 6.89. The second-order valence-electron chi connectivity index (χ2n) is 5.13. The number of benzene rings is 2. The van der Waals surface area contributed by atoms with Crippen LogP contribution in [0.25, 0.3) is 0 Å². The van der Waals surface area contributed by atoms with Crippen LogP contribution < -0.4 is 5.32 Å². The minimum absolute atomic E-state index is 0.0185. The third-order valence-electron chi connectivity index (χ3n) is 3.17. The van der Waals surface area contributed by atoms with Gasteiger partial charge in [0.1, 0.15) is 0 Å². The molecule has 0 amide bonds. The maximum atomic E-state index is 12.0. The number of ketones is 1. The van der Waals surface area contributed by atoms with E-state index in [9.17, 15) is 4.79 Å². The molecule has 0 aliphatic carbocycles. The maximum Gasteiger partial charge on any atom is 0.187 e. The van der Waals surface area contributed by atoms with E-state index in [1.807, 2.05) is 24.3 Å². The molecule has 0 saturated carbocycles. The highest BCUT2D eigenvalue weighted by molar-refractivity contribution is 9.10. The normalized spacial score (nSPS) is 11.0. The lowest BCUT2D eigenvalue weighted by molar-refractivity contribution is 0.104. The van der Waals surface area contributed by atoms with Gasteiger partial charge in [-0.25, -0.2) is 0 Å². The average Bonchev–Trinajstić information content (AvgIpc) is 2.48. The van der Waals surface area contributed by atoms with Crippen molar-refractivity contribution in [1.29, 1.82) is 0 Å². The minimum Gasteiger partial charge on any atom is -0.362 e. The number of allylic oxidation sites excluding steroid dienone is 1. The molecule has 0 bridgehead atoms. The van der Waals surface area contributed by atoms with Gasteiger partial charge in [-0.2, -0.15) is 0 Å². The summed E-state index contributed by atoms with van der Waals surface area (Å²) in [4.78, 5) is 12.0. The number of anilines is 1. The van der Waals surface area contributed by atoms with Crippen molar-refractivity contribution in [3.63, 3.8) is 0 Å². The summed E-state index contributed by atoms with van der Waals surface area (Å²) in [6, 6.07) is 15.5. The zero-order valence-corrected chi connectivity index (χ0v) is 13.7. The van der Waals surface area contributed by atoms with Gasteiger partial charge in [0.05, 0.1) is 0 Å². The molecule has 3 heteroatoms. The Morgan fingerprint density at radius 1 is 1.14 bits per heavy atom. The van der Waals surface area contributed by atoms with Crippen LogP contribution in [0.3, 0.4) is 0 Å². The van der Waals surface area contributed by atoms with Crippen LogP contribution >= 0.6 is 15.9 Å². The van der Waals surface area contributed by atoms with Crippen molar-refractivity contribution < 1.29 is 4.79 Å². The van der Waals surface area contributed by atoms with Crippen molar-refractivity contribution in [3.05, 3.63) is 76.4 Å². The Kier molecular flexibility index (Phi) is 5.34. The molecule has 0 aromatic heterocycles. The number of carbonyl (C=O) groups excluding carboxylic acids is 1. The number of hydrogen-bond acceptors (Lipinski definition) is 2. The van der Waals surface area contributed by atoms with Gasteiger partial charge in [-0.3, -0.25) is 4.79 Å². The monoisotopic (exact) mass is 343 g/mol. The van der Waals surface area contributed by atoms with E-state index < -0.39 is 0 Å². The third-order valence-corrected chi connectivity index (χ3v) is 3.70. The van der Waals surface area contributed by atoms with E-state index in [2.05, 4.69) is 47.2 Å². The largest absolute Gasteiger partial charge is 0.362 e. The second kappa shape index (κ2) is 7.23. The van der Waals surface area contributed by atoms with Crippen LogP contribution in [0.4, 0.5) is 5.69 Å². The molecule has 0 radical (unpaired) electrons. The molecule has 0 saturated heterocycles. The van der Waals surface area contributed by atoms with Gasteiger partial charge in [-0.15, -0.1) is 0 Å². The van der Waals surface area contributed by atoms with Crippen molar-refractivity contribution in [1.82, 2.24) is 0 Å². The molecule has 0 unspecified atom stereocenters. The van der Waals surface area contributed by atoms with Crippen LogP contribution in [-0.4, -0.2) is 5.78 Å². The Bertz CT molecular complexity index is 645. The summed E-state index contributed by atoms with van der Waals surface area (Å²) in [6.45, 7) is 4.32. The molecular weight excluding hydrogens is 326 g/mol. The molecule has 0 atom stereocenters. The van der Waals surface area contributed by atoms with Crippen LogP contribution in [0.15, 0.2) is 65.3 Å². The van der Waals surface area contributed by atoms with E-state index in [1.165, 1.54) is 5.56 Å². The molecule has 1 N–H and O–H groups in total. The first-order chi connectivity index (χ1) is 10.1. The number of hydrogen-bond donors (Lipinski definition) is 1. The van der Waals surface area contributed by atoms with Gasteiger partial charge in [0.25, 0.3) is 0 Å². The fourth-order valence-corrected chi connectivity index (χ4v) is 2.18. The van der Waals surface area contributed by atoms with E-state index in [1.54, 1.807) is 24.4 Å². The Balaban J connectivity index is 2.00. The van der Waals surface area contributed by atoms with Gasteiger partial charge >= 0.3 is 0 Å². The van der Waals surface area contributed by atoms with Crippen molar-refractivity contribution >= 4 is 27.4 Å². The molecule has 2 aromatic carbocycles. The Hall–Kier alpha value is -1.87. The van der Waals surface area contributed by atoms with Crippen LogP contribution in [0.5, 0.6) is 0 Å². The standard InChI is InChI=1S/C18H18BrNO/c1-13(2)15-4-3-5-17(12-15)20-11-10-18(21)14-6-8-16(19)9-7-14/h3-13,20H,1-2H3. The zero-order valence-electron chi connectivity index (χ0n) is 12.1. The molecule has 2 aromatic rings. The molecule has 21 heavy (non-hydrogen) atoms. The summed E-state index contributed by atoms with van der Waals surface area (Å²) >= 11 is 3.35. The summed E-state index contributed by atoms with van der Waals surface area (Å²) in [5.74, 6) is 0.468. The van der Waals surface area contributed by atoms with Gasteiger partial charge in [0.15, 0.2) is 5.78 Å². The van der Waals surface area contributed by atoms with Crippen molar-refractivity contribution in [2.24, 2.45) is 0 Å². The molecule has 108 valence electrons. The topological polar surface area (TPSA) is 29.1 Å². The number of rotatable bonds is 5. The SMILES string of the molecule is CC(C)c1cccc(NC=CC(=O)c2ccc(Br)cc2)c1. The van der Waals surface area contributed by atoms with E-state index in [0.29, 0.717) is 11.5 Å². The molecule has 2 rings (SSSR count). The molecular formula is C18H18BrNO. The Labute approximate surface area is 134 Å². The molecule has 0 aliphatic rings. The lowest BCUT2D eigenvalue weighted by Gasteiger charge is -2.07.